The second-order valence-electron chi connectivity index (χ2n) is 4.41. The molecule has 6 nitrogen and oxygen atoms in total. The Morgan fingerprint density at radius 3 is 2.75 bits per heavy atom. The van der Waals surface area contributed by atoms with Gasteiger partial charge in [-0.2, -0.15) is 0 Å². The van der Waals surface area contributed by atoms with Crippen LogP contribution in [0, 0.1) is 11.3 Å². The van der Waals surface area contributed by atoms with Gasteiger partial charge in [0.1, 0.15) is 5.75 Å². The first-order valence-electron chi connectivity index (χ1n) is 6.36. The first-order chi connectivity index (χ1) is 9.64. The fourth-order valence-electron chi connectivity index (χ4n) is 1.83. The molecule has 0 fully saturated rings. The number of carbonyl (C=O) groups is 1. The molecule has 6 heteroatoms. The van der Waals surface area contributed by atoms with E-state index in [-0.39, 0.29) is 11.8 Å². The summed E-state index contributed by atoms with van der Waals surface area (Å²) < 4.78 is 5.19. The van der Waals surface area contributed by atoms with Crippen molar-refractivity contribution in [1.29, 1.82) is 5.41 Å². The number of aryl methyl sites for hydroxylation is 1. The van der Waals surface area contributed by atoms with Crippen LogP contribution in [0.1, 0.15) is 22.3 Å². The first-order valence-corrected chi connectivity index (χ1v) is 6.36. The Balaban J connectivity index is 2.87. The van der Waals surface area contributed by atoms with Gasteiger partial charge >= 0.3 is 0 Å². The van der Waals surface area contributed by atoms with Crippen LogP contribution in [0.2, 0.25) is 0 Å². The number of hydrogen-bond donors (Lipinski definition) is 3. The molecule has 1 atom stereocenters. The molecule has 4 N–H and O–H groups in total. The number of amides is 1. The Hall–Kier alpha value is -1.92. The van der Waals surface area contributed by atoms with Crippen LogP contribution in [-0.4, -0.2) is 32.9 Å². The summed E-state index contributed by atoms with van der Waals surface area (Å²) in [6, 6.07) is 5.31. The largest absolute Gasteiger partial charge is 0.497 e. The monoisotopic (exact) mass is 279 g/mol. The number of hydroxylamine groups is 1. The smallest absolute Gasteiger partial charge is 0.274 e. The predicted octanol–water partition coefficient (Wildman–Crippen LogP) is 1.14. The molecule has 1 amide bonds. The van der Waals surface area contributed by atoms with Crippen molar-refractivity contribution in [3.8, 4) is 5.75 Å². The molecule has 0 bridgehead atoms. The van der Waals surface area contributed by atoms with Gasteiger partial charge in [0.05, 0.1) is 14.2 Å². The second kappa shape index (κ2) is 8.29. The van der Waals surface area contributed by atoms with E-state index in [1.807, 2.05) is 6.07 Å². The van der Waals surface area contributed by atoms with Crippen molar-refractivity contribution in [2.45, 2.75) is 12.8 Å². The Morgan fingerprint density at radius 1 is 1.45 bits per heavy atom. The topological polar surface area (TPSA) is 97.4 Å². The highest BCUT2D eigenvalue weighted by Crippen LogP contribution is 2.19. The molecule has 1 aromatic carbocycles. The zero-order chi connectivity index (χ0) is 15.0. The molecule has 0 aliphatic rings. The minimum Gasteiger partial charge on any atom is -0.497 e. The predicted molar refractivity (Wildman–Crippen MR) is 77.1 cm³/mol. The van der Waals surface area contributed by atoms with Crippen LogP contribution in [0.4, 0.5) is 0 Å². The summed E-state index contributed by atoms with van der Waals surface area (Å²) in [5, 5.41) is 7.26. The summed E-state index contributed by atoms with van der Waals surface area (Å²) >= 11 is 0. The van der Waals surface area contributed by atoms with Crippen LogP contribution < -0.4 is 16.0 Å². The molecule has 0 radical (unpaired) electrons. The van der Waals surface area contributed by atoms with Crippen LogP contribution in [0.5, 0.6) is 5.75 Å². The normalized spacial score (nSPS) is 11.8. The molecule has 20 heavy (non-hydrogen) atoms. The number of methoxy groups -OCH3 is 1. The number of nitrogens with two attached hydrogens (primary N) is 1. The average molecular weight is 279 g/mol. The van der Waals surface area contributed by atoms with Gasteiger partial charge in [-0.05, 0) is 42.8 Å². The van der Waals surface area contributed by atoms with Crippen LogP contribution in [0.3, 0.4) is 0 Å². The molecule has 0 heterocycles. The summed E-state index contributed by atoms with van der Waals surface area (Å²) in [5.74, 6) is 0.343. The van der Waals surface area contributed by atoms with Gasteiger partial charge < -0.3 is 15.9 Å². The average Bonchev–Trinajstić information content (AvgIpc) is 2.48. The van der Waals surface area contributed by atoms with Crippen molar-refractivity contribution in [3.05, 3.63) is 29.3 Å². The van der Waals surface area contributed by atoms with Crippen molar-refractivity contribution < 1.29 is 14.4 Å². The molecule has 0 spiro atoms. The number of benzene rings is 1. The Bertz CT molecular complexity index is 463. The molecule has 1 aromatic rings. The van der Waals surface area contributed by atoms with Crippen LogP contribution in [-0.2, 0) is 11.3 Å². The fourth-order valence-corrected chi connectivity index (χ4v) is 1.83. The van der Waals surface area contributed by atoms with Crippen LogP contribution in [0.15, 0.2) is 18.2 Å². The lowest BCUT2D eigenvalue weighted by Gasteiger charge is -2.11. The molecule has 1 unspecified atom stereocenters. The van der Waals surface area contributed by atoms with E-state index < -0.39 is 0 Å². The standard InChI is InChI=1S/C14H21N3O3/c1-19-13-6-10(3-4-11(8-15)9-16)5-12(7-13)14(18)17-20-2/h5-8,11,15H,3-4,9,16H2,1-2H3,(H,17,18). The molecular weight excluding hydrogens is 258 g/mol. The van der Waals surface area contributed by atoms with E-state index in [1.165, 1.54) is 13.3 Å². The maximum Gasteiger partial charge on any atom is 0.274 e. The molecule has 110 valence electrons. The van der Waals surface area contributed by atoms with Crippen LogP contribution >= 0.6 is 0 Å². The third-order valence-electron chi connectivity index (χ3n) is 3.00. The van der Waals surface area contributed by atoms with Crippen LogP contribution in [0.25, 0.3) is 0 Å². The van der Waals surface area contributed by atoms with Crippen molar-refractivity contribution >= 4 is 12.1 Å². The third-order valence-corrected chi connectivity index (χ3v) is 3.00. The van der Waals surface area contributed by atoms with Gasteiger partial charge in [0, 0.05) is 18.0 Å². The lowest BCUT2D eigenvalue weighted by Crippen LogP contribution is -2.22. The zero-order valence-corrected chi connectivity index (χ0v) is 11.8. The quantitative estimate of drug-likeness (QED) is 0.491. The molecular formula is C14H21N3O3. The van der Waals surface area contributed by atoms with E-state index in [1.54, 1.807) is 19.2 Å². The summed E-state index contributed by atoms with van der Waals surface area (Å²) in [7, 11) is 2.94. The Morgan fingerprint density at radius 2 is 2.20 bits per heavy atom. The summed E-state index contributed by atoms with van der Waals surface area (Å²) in [6.07, 6.45) is 2.85. The van der Waals surface area contributed by atoms with Gasteiger partial charge in [-0.1, -0.05) is 0 Å². The zero-order valence-electron chi connectivity index (χ0n) is 11.8. The maximum absolute atomic E-state index is 11.8. The number of nitrogens with one attached hydrogen (secondary N) is 2. The van der Waals surface area contributed by atoms with Gasteiger partial charge in [0.15, 0.2) is 0 Å². The Labute approximate surface area is 118 Å². The van der Waals surface area contributed by atoms with Crippen molar-refractivity contribution in [1.82, 2.24) is 5.48 Å². The number of ether oxygens (including phenoxy) is 1. The van der Waals surface area contributed by atoms with E-state index in [9.17, 15) is 4.79 Å². The second-order valence-corrected chi connectivity index (χ2v) is 4.41. The minimum atomic E-state index is -0.324. The summed E-state index contributed by atoms with van der Waals surface area (Å²) in [4.78, 5) is 16.4. The molecule has 0 aliphatic carbocycles. The minimum absolute atomic E-state index is 0.0532. The van der Waals surface area contributed by atoms with Crippen molar-refractivity contribution in [2.24, 2.45) is 11.7 Å². The highest BCUT2D eigenvalue weighted by molar-refractivity contribution is 5.94. The maximum atomic E-state index is 11.8. The number of carbonyl (C=O) groups excluding carboxylic acids is 1. The molecule has 0 aliphatic heterocycles. The summed E-state index contributed by atoms with van der Waals surface area (Å²) in [6.45, 7) is 0.449. The van der Waals surface area contributed by atoms with Gasteiger partial charge in [-0.15, -0.1) is 0 Å². The van der Waals surface area contributed by atoms with Crippen molar-refractivity contribution in [3.63, 3.8) is 0 Å². The first kappa shape index (κ1) is 16.1. The molecule has 0 saturated carbocycles. The lowest BCUT2D eigenvalue weighted by atomic mass is 9.99. The van der Waals surface area contributed by atoms with E-state index in [0.29, 0.717) is 17.9 Å². The fraction of sp³-hybridized carbons (Fsp3) is 0.429. The Kier molecular flexibility index (Phi) is 6.69. The van der Waals surface area contributed by atoms with Gasteiger partial charge in [-0.25, -0.2) is 5.48 Å². The van der Waals surface area contributed by atoms with Gasteiger partial charge in [0.25, 0.3) is 5.91 Å². The molecule has 0 saturated heterocycles. The molecule has 1 rings (SSSR count). The van der Waals surface area contributed by atoms with Crippen molar-refractivity contribution in [2.75, 3.05) is 20.8 Å². The van der Waals surface area contributed by atoms with Gasteiger partial charge in [0.2, 0.25) is 0 Å². The SMILES string of the molecule is CONC(=O)c1cc(CCC(C=N)CN)cc(OC)c1. The van der Waals surface area contributed by atoms with E-state index >= 15 is 0 Å². The van der Waals surface area contributed by atoms with Gasteiger partial charge in [-0.3, -0.25) is 9.63 Å². The number of hydrogen-bond acceptors (Lipinski definition) is 5. The number of rotatable bonds is 8. The lowest BCUT2D eigenvalue weighted by molar-refractivity contribution is 0.0537. The molecule has 0 aromatic heterocycles. The summed E-state index contributed by atoms with van der Waals surface area (Å²) in [5.41, 5.74) is 9.28. The van der Waals surface area contributed by atoms with E-state index in [0.717, 1.165) is 18.4 Å². The van der Waals surface area contributed by atoms with E-state index in [2.05, 4.69) is 10.3 Å². The van der Waals surface area contributed by atoms with E-state index in [4.69, 9.17) is 15.9 Å². The third kappa shape index (κ3) is 4.64. The highest BCUT2D eigenvalue weighted by atomic mass is 16.6. The highest BCUT2D eigenvalue weighted by Gasteiger charge is 2.10.